The van der Waals surface area contributed by atoms with E-state index in [0.717, 1.165) is 19.1 Å². The number of carbonyl (C=O) groups is 2. The molecule has 0 spiro atoms. The normalized spacial score (nSPS) is 16.8. The molecule has 1 amide bonds. The highest BCUT2D eigenvalue weighted by Crippen LogP contribution is 2.42. The molecule has 0 radical (unpaired) electrons. The lowest BCUT2D eigenvalue weighted by molar-refractivity contribution is -0.385. The minimum absolute atomic E-state index is 0.107. The maximum absolute atomic E-state index is 13.8. The lowest BCUT2D eigenvalue weighted by Crippen LogP contribution is -2.50. The number of esters is 1. The third-order valence-electron chi connectivity index (χ3n) is 4.13. The summed E-state index contributed by atoms with van der Waals surface area (Å²) in [7, 11) is 0. The van der Waals surface area contributed by atoms with Crippen LogP contribution in [0.25, 0.3) is 0 Å². The van der Waals surface area contributed by atoms with Crippen LogP contribution in [-0.2, 0) is 14.3 Å². The third kappa shape index (κ3) is 5.01. The van der Waals surface area contributed by atoms with Gasteiger partial charge < -0.3 is 9.47 Å². The molecule has 0 saturated carbocycles. The van der Waals surface area contributed by atoms with E-state index in [1.165, 1.54) is 32.9 Å². The number of nitrogens with zero attached hydrogens (tertiary/aromatic N) is 3. The predicted octanol–water partition coefficient (Wildman–Crippen LogP) is 4.29. The van der Waals surface area contributed by atoms with Crippen molar-refractivity contribution in [2.24, 2.45) is 4.99 Å². The van der Waals surface area contributed by atoms with E-state index < -0.39 is 52.4 Å². The van der Waals surface area contributed by atoms with E-state index in [-0.39, 0.29) is 22.8 Å². The van der Waals surface area contributed by atoms with Gasteiger partial charge in [0.2, 0.25) is 5.84 Å². The SMILES string of the molecule is CCOC(=O)N1C(C(F)(F)F)=NC(C)=C(C(=O)OC(C)C)C1c1ccccc1[N+](=O)[O-]. The fourth-order valence-corrected chi connectivity index (χ4v) is 3.02. The van der Waals surface area contributed by atoms with Crippen molar-refractivity contribution in [3.8, 4) is 0 Å². The first-order valence-electron chi connectivity index (χ1n) is 9.17. The highest BCUT2D eigenvalue weighted by atomic mass is 19.4. The highest BCUT2D eigenvalue weighted by Gasteiger charge is 2.52. The van der Waals surface area contributed by atoms with Gasteiger partial charge in [-0.2, -0.15) is 13.2 Å². The van der Waals surface area contributed by atoms with Crippen molar-refractivity contribution in [2.45, 2.75) is 46.0 Å². The van der Waals surface area contributed by atoms with Gasteiger partial charge >= 0.3 is 18.2 Å². The number of amidine groups is 1. The Balaban J connectivity index is 2.88. The van der Waals surface area contributed by atoms with Gasteiger partial charge in [0.15, 0.2) is 0 Å². The van der Waals surface area contributed by atoms with Crippen LogP contribution in [0.1, 0.15) is 39.3 Å². The van der Waals surface area contributed by atoms with Crippen molar-refractivity contribution in [3.63, 3.8) is 0 Å². The third-order valence-corrected chi connectivity index (χ3v) is 4.13. The Morgan fingerprint density at radius 2 is 1.90 bits per heavy atom. The number of hydrogen-bond acceptors (Lipinski definition) is 7. The largest absolute Gasteiger partial charge is 0.459 e. The molecule has 1 aliphatic rings. The average molecular weight is 443 g/mol. The van der Waals surface area contributed by atoms with E-state index in [0.29, 0.717) is 0 Å². The number of aliphatic imine (C=N–C) groups is 1. The zero-order chi connectivity index (χ0) is 23.5. The van der Waals surface area contributed by atoms with Gasteiger partial charge in [0.25, 0.3) is 5.69 Å². The van der Waals surface area contributed by atoms with Crippen LogP contribution in [0.15, 0.2) is 40.5 Å². The maximum Gasteiger partial charge on any atom is 0.449 e. The second kappa shape index (κ2) is 9.14. The van der Waals surface area contributed by atoms with Crippen LogP contribution in [0.3, 0.4) is 0 Å². The van der Waals surface area contributed by atoms with E-state index in [1.54, 1.807) is 0 Å². The summed E-state index contributed by atoms with van der Waals surface area (Å²) in [5.41, 5.74) is -1.74. The number of allylic oxidation sites excluding steroid dienone is 1. The molecule has 168 valence electrons. The molecule has 1 aromatic rings. The van der Waals surface area contributed by atoms with Gasteiger partial charge in [-0.05, 0) is 33.8 Å². The zero-order valence-corrected chi connectivity index (χ0v) is 17.1. The summed E-state index contributed by atoms with van der Waals surface area (Å²) >= 11 is 0. The molecule has 12 heteroatoms. The Bertz CT molecular complexity index is 955. The summed E-state index contributed by atoms with van der Waals surface area (Å²) in [4.78, 5) is 39.7. The lowest BCUT2D eigenvalue weighted by atomic mass is 9.92. The molecule has 31 heavy (non-hydrogen) atoms. The number of halogens is 3. The first-order valence-corrected chi connectivity index (χ1v) is 9.17. The molecular weight excluding hydrogens is 423 g/mol. The van der Waals surface area contributed by atoms with Gasteiger partial charge in [-0.1, -0.05) is 12.1 Å². The number of para-hydroxylation sites is 1. The Morgan fingerprint density at radius 1 is 1.29 bits per heavy atom. The number of hydrogen-bond donors (Lipinski definition) is 0. The average Bonchev–Trinajstić information content (AvgIpc) is 2.65. The summed E-state index contributed by atoms with van der Waals surface area (Å²) in [6, 6.07) is 3.01. The summed E-state index contributed by atoms with van der Waals surface area (Å²) in [5.74, 6) is -2.72. The zero-order valence-electron chi connectivity index (χ0n) is 17.1. The molecule has 0 bridgehead atoms. The van der Waals surface area contributed by atoms with Crippen LogP contribution >= 0.6 is 0 Å². The molecule has 2 rings (SSSR count). The molecule has 1 aliphatic heterocycles. The topological polar surface area (TPSA) is 111 Å². The van der Waals surface area contributed by atoms with Crippen LogP contribution in [0, 0.1) is 10.1 Å². The number of amides is 1. The standard InChI is InChI=1S/C19H20F3N3O6/c1-5-30-18(27)24-15(12-8-6-7-9-13(12)25(28)29)14(16(26)31-10(2)3)11(4)23-17(24)19(20,21)22/h6-10,15H,5H2,1-4H3. The molecule has 1 heterocycles. The second-order valence-electron chi connectivity index (χ2n) is 6.67. The smallest absolute Gasteiger partial charge is 0.449 e. The van der Waals surface area contributed by atoms with Crippen LogP contribution < -0.4 is 0 Å². The minimum atomic E-state index is -5.12. The number of rotatable bonds is 5. The molecule has 9 nitrogen and oxygen atoms in total. The summed E-state index contributed by atoms with van der Waals surface area (Å²) < 4.78 is 51.3. The highest BCUT2D eigenvalue weighted by molar-refractivity contribution is 6.04. The van der Waals surface area contributed by atoms with Crippen LogP contribution in [0.2, 0.25) is 0 Å². The number of nitro groups is 1. The van der Waals surface area contributed by atoms with Gasteiger partial charge in [0.1, 0.15) is 6.04 Å². The summed E-state index contributed by atoms with van der Waals surface area (Å²) in [6.45, 7) is 5.26. The van der Waals surface area contributed by atoms with E-state index >= 15 is 0 Å². The summed E-state index contributed by atoms with van der Waals surface area (Å²) in [6.07, 6.45) is -7.24. The monoisotopic (exact) mass is 443 g/mol. The van der Waals surface area contributed by atoms with Gasteiger partial charge in [-0.25, -0.2) is 19.5 Å². The van der Waals surface area contributed by atoms with Gasteiger partial charge in [0.05, 0.1) is 34.5 Å². The van der Waals surface area contributed by atoms with E-state index in [4.69, 9.17) is 9.47 Å². The van der Waals surface area contributed by atoms with E-state index in [9.17, 15) is 32.9 Å². The van der Waals surface area contributed by atoms with Crippen molar-refractivity contribution in [1.82, 2.24) is 4.90 Å². The van der Waals surface area contributed by atoms with Crippen molar-refractivity contribution in [3.05, 3.63) is 51.2 Å². The second-order valence-corrected chi connectivity index (χ2v) is 6.67. The number of ether oxygens (including phenoxy) is 2. The molecule has 0 fully saturated rings. The fourth-order valence-electron chi connectivity index (χ4n) is 3.02. The molecule has 0 saturated heterocycles. The van der Waals surface area contributed by atoms with Crippen molar-refractivity contribution >= 4 is 23.6 Å². The minimum Gasteiger partial charge on any atom is -0.459 e. The lowest BCUT2D eigenvalue weighted by Gasteiger charge is -2.36. The van der Waals surface area contributed by atoms with Crippen molar-refractivity contribution < 1.29 is 37.2 Å². The fraction of sp³-hybridized carbons (Fsp3) is 0.421. The molecule has 1 atom stereocenters. The van der Waals surface area contributed by atoms with Gasteiger partial charge in [-0.15, -0.1) is 0 Å². The Hall–Kier alpha value is -3.44. The molecule has 1 aromatic carbocycles. The van der Waals surface area contributed by atoms with Gasteiger partial charge in [-0.3, -0.25) is 10.1 Å². The van der Waals surface area contributed by atoms with E-state index in [2.05, 4.69) is 4.99 Å². The molecule has 0 N–H and O–H groups in total. The molecule has 1 unspecified atom stereocenters. The first kappa shape index (κ1) is 23.8. The first-order chi connectivity index (χ1) is 14.4. The van der Waals surface area contributed by atoms with Crippen LogP contribution in [0.4, 0.5) is 23.7 Å². The number of alkyl halides is 3. The van der Waals surface area contributed by atoms with Crippen molar-refractivity contribution in [1.29, 1.82) is 0 Å². The molecular formula is C19H20F3N3O6. The number of nitro benzene ring substituents is 1. The Labute approximate surface area is 175 Å². The van der Waals surface area contributed by atoms with Crippen molar-refractivity contribution in [2.75, 3.05) is 6.61 Å². The van der Waals surface area contributed by atoms with Gasteiger partial charge in [0, 0.05) is 6.07 Å². The maximum atomic E-state index is 13.8. The quantitative estimate of drug-likeness (QED) is 0.381. The van der Waals surface area contributed by atoms with Crippen LogP contribution in [0.5, 0.6) is 0 Å². The Kier molecular flexibility index (Phi) is 7.03. The molecule has 0 aliphatic carbocycles. The van der Waals surface area contributed by atoms with Crippen LogP contribution in [-0.4, -0.2) is 46.6 Å². The van der Waals surface area contributed by atoms with E-state index in [1.807, 2.05) is 0 Å². The molecule has 0 aromatic heterocycles. The predicted molar refractivity (Wildman–Crippen MR) is 102 cm³/mol. The Morgan fingerprint density at radius 3 is 2.42 bits per heavy atom. The number of benzene rings is 1. The summed E-state index contributed by atoms with van der Waals surface area (Å²) in [5, 5.41) is 11.6. The number of carbonyl (C=O) groups excluding carboxylic acids is 2.